The summed E-state index contributed by atoms with van der Waals surface area (Å²) in [5.41, 5.74) is 7.54. The molecule has 2 aliphatic heterocycles. The number of nitrogens with zero attached hydrogens (tertiary/aromatic N) is 6. The maximum Gasteiger partial charge on any atom is 0.229 e. The molecule has 0 amide bonds. The Morgan fingerprint density at radius 1 is 1.07 bits per heavy atom. The van der Waals surface area contributed by atoms with Gasteiger partial charge < -0.3 is 20.5 Å². The first-order chi connectivity index (χ1) is 13.2. The van der Waals surface area contributed by atoms with Gasteiger partial charge in [0.15, 0.2) is 0 Å². The number of hydrogen-bond donors (Lipinski definition) is 2. The average molecular weight is 371 g/mol. The number of aromatic nitrogens is 4. The molecule has 2 aromatic rings. The van der Waals surface area contributed by atoms with E-state index in [9.17, 15) is 5.11 Å². The standard InChI is InChI=1S/C18H25N7O2/c19-17-20-10-13(11-21-17)12-24-3-1-14(2-4-24)15-9-16(26)23-18(22-15)25-5-7-27-8-6-25/h9-11,14H,1-8,12H2,(H2,19,20,21)(H,22,23,26). The largest absolute Gasteiger partial charge is 0.493 e. The lowest BCUT2D eigenvalue weighted by Crippen LogP contribution is -2.37. The zero-order valence-electron chi connectivity index (χ0n) is 15.3. The second-order valence-electron chi connectivity index (χ2n) is 7.05. The first kappa shape index (κ1) is 17.9. The zero-order chi connectivity index (χ0) is 18.6. The van der Waals surface area contributed by atoms with Crippen LogP contribution in [0.1, 0.15) is 30.0 Å². The first-order valence-corrected chi connectivity index (χ1v) is 9.37. The summed E-state index contributed by atoms with van der Waals surface area (Å²) in [4.78, 5) is 21.5. The summed E-state index contributed by atoms with van der Waals surface area (Å²) >= 11 is 0. The van der Waals surface area contributed by atoms with E-state index in [1.165, 1.54) is 0 Å². The van der Waals surface area contributed by atoms with Crippen molar-refractivity contribution in [2.45, 2.75) is 25.3 Å². The number of anilines is 2. The van der Waals surface area contributed by atoms with Gasteiger partial charge in [0.1, 0.15) is 0 Å². The van der Waals surface area contributed by atoms with Gasteiger partial charge in [0.25, 0.3) is 0 Å². The van der Waals surface area contributed by atoms with Crippen LogP contribution in [0.2, 0.25) is 0 Å². The second kappa shape index (κ2) is 8.01. The van der Waals surface area contributed by atoms with E-state index >= 15 is 0 Å². The van der Waals surface area contributed by atoms with E-state index < -0.39 is 0 Å². The van der Waals surface area contributed by atoms with Gasteiger partial charge in [0, 0.05) is 49.6 Å². The molecule has 2 aliphatic rings. The van der Waals surface area contributed by atoms with E-state index in [2.05, 4.69) is 24.8 Å². The number of morpholine rings is 1. The molecular formula is C18H25N7O2. The molecule has 4 heterocycles. The van der Waals surface area contributed by atoms with Crippen LogP contribution in [0, 0.1) is 0 Å². The zero-order valence-corrected chi connectivity index (χ0v) is 15.3. The van der Waals surface area contributed by atoms with Crippen molar-refractivity contribution in [3.8, 4) is 5.88 Å². The summed E-state index contributed by atoms with van der Waals surface area (Å²) in [6.45, 7) is 5.60. The van der Waals surface area contributed by atoms with Gasteiger partial charge in [-0.1, -0.05) is 0 Å². The Morgan fingerprint density at radius 3 is 2.48 bits per heavy atom. The van der Waals surface area contributed by atoms with Crippen LogP contribution in [0.15, 0.2) is 18.5 Å². The van der Waals surface area contributed by atoms with Crippen molar-refractivity contribution >= 4 is 11.9 Å². The highest BCUT2D eigenvalue weighted by atomic mass is 16.5. The second-order valence-corrected chi connectivity index (χ2v) is 7.05. The summed E-state index contributed by atoms with van der Waals surface area (Å²) in [5.74, 6) is 1.28. The quantitative estimate of drug-likeness (QED) is 0.804. The summed E-state index contributed by atoms with van der Waals surface area (Å²) in [6, 6.07) is 1.71. The SMILES string of the molecule is Nc1ncc(CN2CCC(c3cc(O)nc(N4CCOCC4)n3)CC2)cn1. The van der Waals surface area contributed by atoms with E-state index in [-0.39, 0.29) is 5.88 Å². The molecule has 27 heavy (non-hydrogen) atoms. The van der Waals surface area contributed by atoms with Crippen LogP contribution in [0.25, 0.3) is 0 Å². The minimum atomic E-state index is 0.0444. The summed E-state index contributed by atoms with van der Waals surface area (Å²) < 4.78 is 5.38. The Kier molecular flexibility index (Phi) is 5.30. The number of aromatic hydroxyl groups is 1. The van der Waals surface area contributed by atoms with Crippen LogP contribution in [0.3, 0.4) is 0 Å². The molecule has 3 N–H and O–H groups in total. The highest BCUT2D eigenvalue weighted by Crippen LogP contribution is 2.30. The van der Waals surface area contributed by atoms with Crippen molar-refractivity contribution in [2.75, 3.05) is 50.0 Å². The van der Waals surface area contributed by atoms with Gasteiger partial charge in [0.2, 0.25) is 17.8 Å². The lowest BCUT2D eigenvalue weighted by atomic mass is 9.93. The van der Waals surface area contributed by atoms with Crippen LogP contribution in [-0.2, 0) is 11.3 Å². The molecule has 0 spiro atoms. The molecule has 0 bridgehead atoms. The van der Waals surface area contributed by atoms with Crippen molar-refractivity contribution in [3.05, 3.63) is 29.7 Å². The van der Waals surface area contributed by atoms with Crippen molar-refractivity contribution < 1.29 is 9.84 Å². The molecule has 144 valence electrons. The van der Waals surface area contributed by atoms with Gasteiger partial charge >= 0.3 is 0 Å². The van der Waals surface area contributed by atoms with Crippen LogP contribution < -0.4 is 10.6 Å². The van der Waals surface area contributed by atoms with Gasteiger partial charge in [-0.25, -0.2) is 15.0 Å². The van der Waals surface area contributed by atoms with Crippen molar-refractivity contribution in [1.82, 2.24) is 24.8 Å². The normalized spacial score (nSPS) is 19.3. The highest BCUT2D eigenvalue weighted by Gasteiger charge is 2.24. The van der Waals surface area contributed by atoms with E-state index in [1.807, 2.05) is 0 Å². The van der Waals surface area contributed by atoms with Crippen molar-refractivity contribution in [1.29, 1.82) is 0 Å². The minimum Gasteiger partial charge on any atom is -0.493 e. The molecule has 9 heteroatoms. The Morgan fingerprint density at radius 2 is 1.78 bits per heavy atom. The molecule has 4 rings (SSSR count). The fourth-order valence-corrected chi connectivity index (χ4v) is 3.65. The molecule has 2 fully saturated rings. The number of ether oxygens (including phenoxy) is 1. The van der Waals surface area contributed by atoms with Gasteiger partial charge in [0.05, 0.1) is 18.9 Å². The molecule has 0 aromatic carbocycles. The molecule has 0 atom stereocenters. The monoisotopic (exact) mass is 371 g/mol. The van der Waals surface area contributed by atoms with Gasteiger partial charge in [-0.15, -0.1) is 0 Å². The van der Waals surface area contributed by atoms with Crippen LogP contribution >= 0.6 is 0 Å². The van der Waals surface area contributed by atoms with E-state index in [1.54, 1.807) is 18.5 Å². The predicted molar refractivity (Wildman–Crippen MR) is 100 cm³/mol. The lowest BCUT2D eigenvalue weighted by molar-refractivity contribution is 0.122. The maximum atomic E-state index is 10.1. The van der Waals surface area contributed by atoms with Crippen molar-refractivity contribution in [2.24, 2.45) is 0 Å². The third kappa shape index (κ3) is 4.42. The third-order valence-corrected chi connectivity index (χ3v) is 5.15. The lowest BCUT2D eigenvalue weighted by Gasteiger charge is -2.32. The smallest absolute Gasteiger partial charge is 0.229 e. The van der Waals surface area contributed by atoms with E-state index in [4.69, 9.17) is 15.5 Å². The molecule has 0 aliphatic carbocycles. The number of rotatable bonds is 4. The highest BCUT2D eigenvalue weighted by molar-refractivity contribution is 5.35. The minimum absolute atomic E-state index is 0.0444. The van der Waals surface area contributed by atoms with Gasteiger partial charge in [-0.05, 0) is 25.9 Å². The van der Waals surface area contributed by atoms with Gasteiger partial charge in [-0.3, -0.25) is 4.90 Å². The number of likely N-dealkylation sites (tertiary alicyclic amines) is 1. The fourth-order valence-electron chi connectivity index (χ4n) is 3.65. The molecular weight excluding hydrogens is 346 g/mol. The Balaban J connectivity index is 1.38. The summed E-state index contributed by atoms with van der Waals surface area (Å²) in [7, 11) is 0. The molecule has 2 saturated heterocycles. The van der Waals surface area contributed by atoms with E-state index in [0.29, 0.717) is 31.0 Å². The van der Waals surface area contributed by atoms with Crippen LogP contribution in [0.4, 0.5) is 11.9 Å². The van der Waals surface area contributed by atoms with Crippen LogP contribution in [0.5, 0.6) is 5.88 Å². The Labute approximate surface area is 158 Å². The molecule has 9 nitrogen and oxygen atoms in total. The van der Waals surface area contributed by atoms with E-state index in [0.717, 1.165) is 56.8 Å². The maximum absolute atomic E-state index is 10.1. The summed E-state index contributed by atoms with van der Waals surface area (Å²) in [6.07, 6.45) is 5.56. The fraction of sp³-hybridized carbons (Fsp3) is 0.556. The first-order valence-electron chi connectivity index (χ1n) is 9.37. The molecule has 2 aromatic heterocycles. The number of nitrogens with two attached hydrogens (primary N) is 1. The number of hydrogen-bond acceptors (Lipinski definition) is 9. The molecule has 0 radical (unpaired) electrons. The molecule has 0 unspecified atom stereocenters. The Bertz CT molecular complexity index is 757. The molecule has 0 saturated carbocycles. The number of nitrogen functional groups attached to an aromatic ring is 1. The topological polar surface area (TPSA) is 114 Å². The Hall–Kier alpha value is -2.52. The third-order valence-electron chi connectivity index (χ3n) is 5.15. The van der Waals surface area contributed by atoms with Crippen molar-refractivity contribution in [3.63, 3.8) is 0 Å². The summed E-state index contributed by atoms with van der Waals surface area (Å²) in [5, 5.41) is 10.1. The number of piperidine rings is 1. The van der Waals surface area contributed by atoms with Crippen LogP contribution in [-0.4, -0.2) is 69.3 Å². The average Bonchev–Trinajstić information content (AvgIpc) is 2.70. The predicted octanol–water partition coefficient (Wildman–Crippen LogP) is 0.771. The van der Waals surface area contributed by atoms with Gasteiger partial charge in [-0.2, -0.15) is 4.98 Å².